The summed E-state index contributed by atoms with van der Waals surface area (Å²) in [6.45, 7) is 2.74. The van der Waals surface area contributed by atoms with Gasteiger partial charge in [0.25, 0.3) is 0 Å². The van der Waals surface area contributed by atoms with E-state index < -0.39 is 0 Å². The van der Waals surface area contributed by atoms with Gasteiger partial charge in [0.2, 0.25) is 17.7 Å². The highest BCUT2D eigenvalue weighted by Gasteiger charge is 2.26. The Labute approximate surface area is 165 Å². The minimum Gasteiger partial charge on any atom is -0.356 e. The highest BCUT2D eigenvalue weighted by Crippen LogP contribution is 2.29. The molecule has 2 heterocycles. The number of fused-ring (bicyclic) bond motifs is 1. The molecule has 8 heteroatoms. The lowest BCUT2D eigenvalue weighted by Crippen LogP contribution is -2.42. The molecule has 148 valence electrons. The maximum atomic E-state index is 12.5. The van der Waals surface area contributed by atoms with Crippen molar-refractivity contribution in [3.05, 3.63) is 24.3 Å². The molecule has 2 aliphatic rings. The van der Waals surface area contributed by atoms with E-state index in [1.165, 1.54) is 17.7 Å². The van der Waals surface area contributed by atoms with Crippen LogP contribution in [-0.4, -0.2) is 43.9 Å². The minimum absolute atomic E-state index is 0. The van der Waals surface area contributed by atoms with Crippen molar-refractivity contribution in [2.75, 3.05) is 36.4 Å². The second kappa shape index (κ2) is 10.3. The molecule has 0 bridgehead atoms. The molecule has 3 N–H and O–H groups in total. The van der Waals surface area contributed by atoms with Crippen LogP contribution < -0.4 is 20.9 Å². The van der Waals surface area contributed by atoms with Gasteiger partial charge in [-0.25, -0.2) is 0 Å². The first kappa shape index (κ1) is 21.2. The second-order valence-corrected chi connectivity index (χ2v) is 6.90. The van der Waals surface area contributed by atoms with Crippen LogP contribution in [0.4, 0.5) is 11.4 Å². The SMILES string of the molecule is Cl.O=C(CCC(=O)N1CC(=O)Nc2ccccc21)NCCC1CCCNC1. The van der Waals surface area contributed by atoms with Gasteiger partial charge in [0.05, 0.1) is 11.4 Å². The third kappa shape index (κ3) is 5.94. The minimum atomic E-state index is -0.220. The number of anilines is 2. The molecular weight excluding hydrogens is 368 g/mol. The third-order valence-corrected chi connectivity index (χ3v) is 4.91. The number of hydrogen-bond donors (Lipinski definition) is 3. The Bertz CT molecular complexity index is 677. The van der Waals surface area contributed by atoms with Crippen molar-refractivity contribution in [1.29, 1.82) is 0 Å². The van der Waals surface area contributed by atoms with Gasteiger partial charge in [-0.1, -0.05) is 12.1 Å². The van der Waals surface area contributed by atoms with Crippen LogP contribution in [-0.2, 0) is 14.4 Å². The summed E-state index contributed by atoms with van der Waals surface area (Å²) in [6, 6.07) is 7.19. The maximum absolute atomic E-state index is 12.5. The fraction of sp³-hybridized carbons (Fsp3) is 0.526. The molecule has 0 saturated carbocycles. The van der Waals surface area contributed by atoms with Crippen LogP contribution in [0.25, 0.3) is 0 Å². The molecule has 0 radical (unpaired) electrons. The molecule has 1 atom stereocenters. The highest BCUT2D eigenvalue weighted by atomic mass is 35.5. The number of piperidine rings is 1. The van der Waals surface area contributed by atoms with Crippen molar-refractivity contribution in [1.82, 2.24) is 10.6 Å². The van der Waals surface area contributed by atoms with E-state index in [9.17, 15) is 14.4 Å². The molecule has 0 aromatic heterocycles. The van der Waals surface area contributed by atoms with Crippen molar-refractivity contribution in [2.24, 2.45) is 5.92 Å². The number of carbonyl (C=O) groups is 3. The molecule has 27 heavy (non-hydrogen) atoms. The molecule has 1 aromatic carbocycles. The first-order valence-corrected chi connectivity index (χ1v) is 9.30. The number of carbonyl (C=O) groups excluding carboxylic acids is 3. The Hall–Kier alpha value is -2.12. The summed E-state index contributed by atoms with van der Waals surface area (Å²) in [5.74, 6) is 0.0763. The second-order valence-electron chi connectivity index (χ2n) is 6.90. The van der Waals surface area contributed by atoms with Gasteiger partial charge in [-0.15, -0.1) is 12.4 Å². The number of halogens is 1. The van der Waals surface area contributed by atoms with Gasteiger partial charge in [0.15, 0.2) is 0 Å². The Balaban J connectivity index is 0.00000261. The number of para-hydroxylation sites is 2. The van der Waals surface area contributed by atoms with Crippen molar-refractivity contribution in [3.8, 4) is 0 Å². The highest BCUT2D eigenvalue weighted by molar-refractivity contribution is 6.10. The molecule has 3 rings (SSSR count). The van der Waals surface area contributed by atoms with E-state index in [0.29, 0.717) is 23.8 Å². The third-order valence-electron chi connectivity index (χ3n) is 4.91. The maximum Gasteiger partial charge on any atom is 0.244 e. The predicted octanol–water partition coefficient (Wildman–Crippen LogP) is 1.68. The Morgan fingerprint density at radius 2 is 2.04 bits per heavy atom. The zero-order chi connectivity index (χ0) is 18.4. The Kier molecular flexibility index (Phi) is 8.06. The van der Waals surface area contributed by atoms with Crippen molar-refractivity contribution >= 4 is 41.5 Å². The summed E-state index contributed by atoms with van der Waals surface area (Å²) < 4.78 is 0. The van der Waals surface area contributed by atoms with Crippen molar-refractivity contribution < 1.29 is 14.4 Å². The van der Waals surface area contributed by atoms with Gasteiger partial charge in [-0.05, 0) is 50.4 Å². The van der Waals surface area contributed by atoms with Gasteiger partial charge in [-0.3, -0.25) is 14.4 Å². The average molecular weight is 395 g/mol. The molecule has 1 fully saturated rings. The normalized spacial score (nSPS) is 18.7. The number of nitrogens with zero attached hydrogens (tertiary/aromatic N) is 1. The fourth-order valence-electron chi connectivity index (χ4n) is 3.49. The lowest BCUT2D eigenvalue weighted by molar-refractivity contribution is -0.125. The number of nitrogens with one attached hydrogen (secondary N) is 3. The molecule has 2 aliphatic heterocycles. The number of rotatable bonds is 6. The van der Waals surface area contributed by atoms with Crippen LogP contribution in [0.5, 0.6) is 0 Å². The monoisotopic (exact) mass is 394 g/mol. The van der Waals surface area contributed by atoms with E-state index in [0.717, 1.165) is 19.5 Å². The number of hydrogen-bond acceptors (Lipinski definition) is 4. The molecule has 3 amide bonds. The Morgan fingerprint density at radius 3 is 2.81 bits per heavy atom. The number of amides is 3. The van der Waals surface area contributed by atoms with E-state index in [4.69, 9.17) is 0 Å². The summed E-state index contributed by atoms with van der Waals surface area (Å²) in [4.78, 5) is 37.7. The smallest absolute Gasteiger partial charge is 0.244 e. The Morgan fingerprint density at radius 1 is 1.22 bits per heavy atom. The summed E-state index contributed by atoms with van der Waals surface area (Å²) in [7, 11) is 0. The lowest BCUT2D eigenvalue weighted by atomic mass is 9.96. The standard InChI is InChI=1S/C19H26N4O3.ClH/c24-17(21-11-9-14-4-3-10-20-12-14)7-8-19(26)23-13-18(25)22-15-5-1-2-6-16(15)23;/h1-2,5-6,14,20H,3-4,7-13H2,(H,21,24)(H,22,25);1H. The van der Waals surface area contributed by atoms with Crippen LogP contribution in [0.2, 0.25) is 0 Å². The molecule has 0 aliphatic carbocycles. The molecule has 1 aromatic rings. The van der Waals surface area contributed by atoms with Crippen LogP contribution >= 0.6 is 12.4 Å². The molecule has 0 spiro atoms. The van der Waals surface area contributed by atoms with E-state index >= 15 is 0 Å². The van der Waals surface area contributed by atoms with Crippen molar-refractivity contribution in [3.63, 3.8) is 0 Å². The number of benzene rings is 1. The summed E-state index contributed by atoms with van der Waals surface area (Å²) in [6.07, 6.45) is 3.60. The first-order valence-electron chi connectivity index (χ1n) is 9.30. The van der Waals surface area contributed by atoms with Crippen LogP contribution in [0.15, 0.2) is 24.3 Å². The fourth-order valence-corrected chi connectivity index (χ4v) is 3.49. The quantitative estimate of drug-likeness (QED) is 0.684. The molecular formula is C19H27ClN4O3. The largest absolute Gasteiger partial charge is 0.356 e. The van der Waals surface area contributed by atoms with Gasteiger partial charge >= 0.3 is 0 Å². The van der Waals surface area contributed by atoms with Gasteiger partial charge in [0, 0.05) is 19.4 Å². The van der Waals surface area contributed by atoms with Crippen LogP contribution in [0, 0.1) is 5.92 Å². The van der Waals surface area contributed by atoms with E-state index in [1.54, 1.807) is 12.1 Å². The van der Waals surface area contributed by atoms with Crippen LogP contribution in [0.3, 0.4) is 0 Å². The summed E-state index contributed by atoms with van der Waals surface area (Å²) >= 11 is 0. The van der Waals surface area contributed by atoms with E-state index in [1.807, 2.05) is 12.1 Å². The predicted molar refractivity (Wildman–Crippen MR) is 107 cm³/mol. The lowest BCUT2D eigenvalue weighted by Gasteiger charge is -2.29. The van der Waals surface area contributed by atoms with E-state index in [2.05, 4.69) is 16.0 Å². The van der Waals surface area contributed by atoms with Crippen LogP contribution in [0.1, 0.15) is 32.1 Å². The zero-order valence-electron chi connectivity index (χ0n) is 15.3. The first-order chi connectivity index (χ1) is 12.6. The molecule has 7 nitrogen and oxygen atoms in total. The summed E-state index contributed by atoms with van der Waals surface area (Å²) in [5.41, 5.74) is 1.31. The van der Waals surface area contributed by atoms with Gasteiger partial charge < -0.3 is 20.9 Å². The summed E-state index contributed by atoms with van der Waals surface area (Å²) in [5, 5.41) is 9.02. The van der Waals surface area contributed by atoms with Gasteiger partial charge in [-0.2, -0.15) is 0 Å². The van der Waals surface area contributed by atoms with Crippen molar-refractivity contribution in [2.45, 2.75) is 32.1 Å². The van der Waals surface area contributed by atoms with E-state index in [-0.39, 0.29) is 49.5 Å². The molecule has 1 unspecified atom stereocenters. The zero-order valence-corrected chi connectivity index (χ0v) is 16.1. The topological polar surface area (TPSA) is 90.5 Å². The molecule has 1 saturated heterocycles. The average Bonchev–Trinajstić information content (AvgIpc) is 2.66. The van der Waals surface area contributed by atoms with Gasteiger partial charge in [0.1, 0.15) is 6.54 Å².